The third-order valence-corrected chi connectivity index (χ3v) is 2.54. The van der Waals surface area contributed by atoms with E-state index < -0.39 is 0 Å². The van der Waals surface area contributed by atoms with Crippen LogP contribution in [0.1, 0.15) is 6.92 Å². The average molecular weight is 259 g/mol. The van der Waals surface area contributed by atoms with E-state index in [1.165, 1.54) is 0 Å². The first-order chi connectivity index (χ1) is 9.33. The van der Waals surface area contributed by atoms with Gasteiger partial charge in [-0.25, -0.2) is 0 Å². The number of hydrogen-bond acceptors (Lipinski definition) is 4. The normalized spacial score (nSPS) is 10.2. The van der Waals surface area contributed by atoms with Gasteiger partial charge < -0.3 is 14.2 Å². The fourth-order valence-electron chi connectivity index (χ4n) is 1.65. The minimum atomic E-state index is 0.226. The van der Waals surface area contributed by atoms with Gasteiger partial charge in [-0.2, -0.15) is 0 Å². The minimum absolute atomic E-state index is 0.226. The maximum atomic E-state index is 5.41. The second-order valence-electron chi connectivity index (χ2n) is 3.89. The summed E-state index contributed by atoms with van der Waals surface area (Å²) in [5.41, 5.74) is 1.94. The molecule has 0 unspecified atom stereocenters. The van der Waals surface area contributed by atoms with Gasteiger partial charge in [0.1, 0.15) is 11.5 Å². The molecule has 1 aromatic carbocycles. The molecule has 0 spiro atoms. The van der Waals surface area contributed by atoms with Crippen LogP contribution in [-0.2, 0) is 4.74 Å². The summed E-state index contributed by atoms with van der Waals surface area (Å²) in [5.74, 6) is 1.56. The van der Waals surface area contributed by atoms with E-state index in [0.29, 0.717) is 12.4 Å². The molecule has 0 bridgehead atoms. The Bertz CT molecular complexity index is 494. The maximum absolute atomic E-state index is 5.41. The van der Waals surface area contributed by atoms with Crippen LogP contribution in [0.25, 0.3) is 11.3 Å². The number of nitrogens with zero attached hydrogens (tertiary/aromatic N) is 1. The first-order valence-electron chi connectivity index (χ1n) is 6.14. The summed E-state index contributed by atoms with van der Waals surface area (Å²) in [7, 11) is 1.59. The zero-order chi connectivity index (χ0) is 13.5. The molecule has 2 rings (SSSR count). The highest BCUT2D eigenvalue weighted by molar-refractivity contribution is 5.60. The second kappa shape index (κ2) is 6.75. The quantitative estimate of drug-likeness (QED) is 0.747. The average Bonchev–Trinajstić information content (AvgIpc) is 2.47. The molecule has 0 amide bonds. The van der Waals surface area contributed by atoms with Crippen LogP contribution in [0, 0.1) is 0 Å². The molecular formula is C15H17NO3. The van der Waals surface area contributed by atoms with Gasteiger partial charge in [0, 0.05) is 12.7 Å². The third-order valence-electron chi connectivity index (χ3n) is 2.54. The van der Waals surface area contributed by atoms with E-state index in [1.54, 1.807) is 13.3 Å². The van der Waals surface area contributed by atoms with E-state index in [9.17, 15) is 0 Å². The Balaban J connectivity index is 2.08. The summed E-state index contributed by atoms with van der Waals surface area (Å²) in [5, 5.41) is 0. The SMILES string of the molecule is CCOc1ccc(-c2ccc(OCOC)cn2)cc1. The molecule has 0 N–H and O–H groups in total. The van der Waals surface area contributed by atoms with Crippen LogP contribution in [0.5, 0.6) is 11.5 Å². The number of hydrogen-bond donors (Lipinski definition) is 0. The molecule has 19 heavy (non-hydrogen) atoms. The molecule has 4 nitrogen and oxygen atoms in total. The van der Waals surface area contributed by atoms with Gasteiger partial charge >= 0.3 is 0 Å². The summed E-state index contributed by atoms with van der Waals surface area (Å²) in [6.07, 6.45) is 1.69. The zero-order valence-electron chi connectivity index (χ0n) is 11.1. The smallest absolute Gasteiger partial charge is 0.188 e. The van der Waals surface area contributed by atoms with Crippen LogP contribution in [0.4, 0.5) is 0 Å². The molecule has 1 heterocycles. The predicted molar refractivity (Wildman–Crippen MR) is 73.3 cm³/mol. The third kappa shape index (κ3) is 3.69. The largest absolute Gasteiger partial charge is 0.494 e. The van der Waals surface area contributed by atoms with Gasteiger partial charge in [0.15, 0.2) is 6.79 Å². The van der Waals surface area contributed by atoms with Crippen molar-refractivity contribution in [3.05, 3.63) is 42.6 Å². The molecule has 0 saturated carbocycles. The van der Waals surface area contributed by atoms with Gasteiger partial charge in [0.2, 0.25) is 0 Å². The molecule has 4 heteroatoms. The van der Waals surface area contributed by atoms with Crippen LogP contribution in [0.15, 0.2) is 42.6 Å². The van der Waals surface area contributed by atoms with E-state index in [1.807, 2.05) is 43.3 Å². The molecule has 0 saturated heterocycles. The Morgan fingerprint density at radius 3 is 2.26 bits per heavy atom. The molecule has 0 atom stereocenters. The number of methoxy groups -OCH3 is 1. The van der Waals surface area contributed by atoms with Crippen molar-refractivity contribution in [2.75, 3.05) is 20.5 Å². The van der Waals surface area contributed by atoms with Gasteiger partial charge in [-0.05, 0) is 43.3 Å². The van der Waals surface area contributed by atoms with Gasteiger partial charge in [0.25, 0.3) is 0 Å². The van der Waals surface area contributed by atoms with Crippen LogP contribution in [0.3, 0.4) is 0 Å². The van der Waals surface area contributed by atoms with Crippen molar-refractivity contribution in [3.63, 3.8) is 0 Å². The number of ether oxygens (including phenoxy) is 3. The first kappa shape index (κ1) is 13.4. The maximum Gasteiger partial charge on any atom is 0.188 e. The van der Waals surface area contributed by atoms with Crippen molar-refractivity contribution in [3.8, 4) is 22.8 Å². The fraction of sp³-hybridized carbons (Fsp3) is 0.267. The molecule has 2 aromatic rings. The van der Waals surface area contributed by atoms with Crippen molar-refractivity contribution in [1.29, 1.82) is 0 Å². The van der Waals surface area contributed by atoms with Crippen molar-refractivity contribution in [2.24, 2.45) is 0 Å². The molecule has 1 aromatic heterocycles. The Morgan fingerprint density at radius 2 is 1.68 bits per heavy atom. The van der Waals surface area contributed by atoms with Crippen molar-refractivity contribution < 1.29 is 14.2 Å². The lowest BCUT2D eigenvalue weighted by molar-refractivity contribution is 0.0509. The Hall–Kier alpha value is -2.07. The highest BCUT2D eigenvalue weighted by Gasteiger charge is 2.01. The summed E-state index contributed by atoms with van der Waals surface area (Å²) in [4.78, 5) is 4.36. The second-order valence-corrected chi connectivity index (χ2v) is 3.89. The van der Waals surface area contributed by atoms with E-state index in [2.05, 4.69) is 4.98 Å². The van der Waals surface area contributed by atoms with E-state index in [-0.39, 0.29) is 6.79 Å². The van der Waals surface area contributed by atoms with Crippen molar-refractivity contribution >= 4 is 0 Å². The molecule has 0 aliphatic rings. The van der Waals surface area contributed by atoms with Crippen molar-refractivity contribution in [2.45, 2.75) is 6.92 Å². The summed E-state index contributed by atoms with van der Waals surface area (Å²) in [6, 6.07) is 11.6. The lowest BCUT2D eigenvalue weighted by atomic mass is 10.1. The van der Waals surface area contributed by atoms with Crippen LogP contribution < -0.4 is 9.47 Å². The van der Waals surface area contributed by atoms with Gasteiger partial charge in [-0.1, -0.05) is 0 Å². The number of pyridine rings is 1. The standard InChI is InChI=1S/C15H17NO3/c1-3-18-13-6-4-12(5-7-13)15-9-8-14(10-16-15)19-11-17-2/h4-10H,3,11H2,1-2H3. The van der Waals surface area contributed by atoms with Gasteiger partial charge in [-0.3, -0.25) is 4.98 Å². The van der Waals surface area contributed by atoms with Crippen molar-refractivity contribution in [1.82, 2.24) is 4.98 Å². The van der Waals surface area contributed by atoms with Crippen LogP contribution in [0.2, 0.25) is 0 Å². The Morgan fingerprint density at radius 1 is 0.947 bits per heavy atom. The van der Waals surface area contributed by atoms with Gasteiger partial charge in [0.05, 0.1) is 18.5 Å². The van der Waals surface area contributed by atoms with E-state index >= 15 is 0 Å². The highest BCUT2D eigenvalue weighted by Crippen LogP contribution is 2.22. The highest BCUT2D eigenvalue weighted by atomic mass is 16.7. The molecule has 0 aliphatic carbocycles. The molecule has 0 radical (unpaired) electrons. The van der Waals surface area contributed by atoms with E-state index in [0.717, 1.165) is 17.0 Å². The lowest BCUT2D eigenvalue weighted by Gasteiger charge is -2.06. The summed E-state index contributed by atoms with van der Waals surface area (Å²) < 4.78 is 15.5. The molecule has 100 valence electrons. The monoisotopic (exact) mass is 259 g/mol. The predicted octanol–water partition coefficient (Wildman–Crippen LogP) is 3.13. The molecule has 0 aliphatic heterocycles. The fourth-order valence-corrected chi connectivity index (χ4v) is 1.65. The number of benzene rings is 1. The molecular weight excluding hydrogens is 242 g/mol. The van der Waals surface area contributed by atoms with Crippen LogP contribution in [-0.4, -0.2) is 25.5 Å². The first-order valence-corrected chi connectivity index (χ1v) is 6.14. The Kier molecular flexibility index (Phi) is 4.75. The zero-order valence-corrected chi connectivity index (χ0v) is 11.1. The number of aromatic nitrogens is 1. The Labute approximate surface area is 113 Å². The van der Waals surface area contributed by atoms with Crippen LogP contribution >= 0.6 is 0 Å². The minimum Gasteiger partial charge on any atom is -0.494 e. The molecule has 0 fully saturated rings. The van der Waals surface area contributed by atoms with E-state index in [4.69, 9.17) is 14.2 Å². The topological polar surface area (TPSA) is 40.6 Å². The summed E-state index contributed by atoms with van der Waals surface area (Å²) in [6.45, 7) is 2.86. The number of rotatable bonds is 6. The summed E-state index contributed by atoms with van der Waals surface area (Å²) >= 11 is 0. The lowest BCUT2D eigenvalue weighted by Crippen LogP contribution is -1.99. The van der Waals surface area contributed by atoms with Gasteiger partial charge in [-0.15, -0.1) is 0 Å².